The molecule has 28 heavy (non-hydrogen) atoms. The molecule has 1 aromatic heterocycles. The van der Waals surface area contributed by atoms with Crippen LogP contribution in [-0.4, -0.2) is 51.1 Å². The number of aromatic nitrogens is 3. The molecule has 2 aliphatic heterocycles. The van der Waals surface area contributed by atoms with Crippen molar-refractivity contribution in [2.75, 3.05) is 25.5 Å². The smallest absolute Gasteiger partial charge is 0.233 e. The van der Waals surface area contributed by atoms with Gasteiger partial charge in [-0.15, -0.1) is 10.2 Å². The molecule has 0 unspecified atom stereocenters. The maximum Gasteiger partial charge on any atom is 0.233 e. The summed E-state index contributed by atoms with van der Waals surface area (Å²) in [6, 6.07) is 6.67. The molecule has 8 heteroatoms. The lowest BCUT2D eigenvalue weighted by molar-refractivity contribution is -0.129. The van der Waals surface area contributed by atoms with Crippen LogP contribution in [0.15, 0.2) is 23.4 Å². The van der Waals surface area contributed by atoms with Crippen molar-refractivity contribution in [1.82, 2.24) is 19.7 Å². The van der Waals surface area contributed by atoms with Gasteiger partial charge >= 0.3 is 0 Å². The number of nitrogens with zero attached hydrogens (tertiary/aromatic N) is 4. The number of rotatable bonds is 5. The molecule has 0 bridgehead atoms. The van der Waals surface area contributed by atoms with Crippen molar-refractivity contribution >= 4 is 17.7 Å². The van der Waals surface area contributed by atoms with Gasteiger partial charge in [-0.05, 0) is 50.3 Å². The van der Waals surface area contributed by atoms with Crippen LogP contribution >= 0.6 is 11.8 Å². The Hall–Kier alpha value is -2.22. The minimum absolute atomic E-state index is 0.104. The Morgan fingerprint density at radius 3 is 2.82 bits per heavy atom. The van der Waals surface area contributed by atoms with Gasteiger partial charge in [0, 0.05) is 12.6 Å². The second kappa shape index (κ2) is 7.31. The fourth-order valence-corrected chi connectivity index (χ4v) is 5.03. The average Bonchev–Trinajstić information content (AvgIpc) is 3.30. The van der Waals surface area contributed by atoms with E-state index < -0.39 is 0 Å². The number of fused-ring (bicyclic) bond motifs is 1. The summed E-state index contributed by atoms with van der Waals surface area (Å²) in [7, 11) is 0. The third kappa shape index (κ3) is 3.34. The number of thioether (sulfide) groups is 1. The minimum Gasteiger partial charge on any atom is -0.486 e. The Balaban J connectivity index is 1.28. The van der Waals surface area contributed by atoms with Gasteiger partial charge in [-0.2, -0.15) is 0 Å². The monoisotopic (exact) mass is 400 g/mol. The van der Waals surface area contributed by atoms with Crippen molar-refractivity contribution in [1.29, 1.82) is 0 Å². The highest BCUT2D eigenvalue weighted by Gasteiger charge is 2.32. The number of hydrogen-bond acceptors (Lipinski definition) is 6. The molecule has 2 fully saturated rings. The summed E-state index contributed by atoms with van der Waals surface area (Å²) in [4.78, 5) is 15.0. The first-order chi connectivity index (χ1) is 13.7. The first kappa shape index (κ1) is 17.8. The zero-order valence-electron chi connectivity index (χ0n) is 16.0. The average molecular weight is 401 g/mol. The number of amides is 1. The van der Waals surface area contributed by atoms with Gasteiger partial charge < -0.3 is 18.9 Å². The van der Waals surface area contributed by atoms with Gasteiger partial charge in [-0.3, -0.25) is 4.79 Å². The summed E-state index contributed by atoms with van der Waals surface area (Å²) in [6.07, 6.45) is 4.36. The van der Waals surface area contributed by atoms with Crippen LogP contribution in [0.25, 0.3) is 0 Å². The molecule has 5 rings (SSSR count). The highest BCUT2D eigenvalue weighted by molar-refractivity contribution is 7.99. The summed E-state index contributed by atoms with van der Waals surface area (Å²) in [5.74, 6) is 3.06. The highest BCUT2D eigenvalue weighted by atomic mass is 32.2. The lowest BCUT2D eigenvalue weighted by Gasteiger charge is -2.26. The second-order valence-electron chi connectivity index (χ2n) is 7.57. The van der Waals surface area contributed by atoms with Crippen LogP contribution in [0.2, 0.25) is 0 Å². The van der Waals surface area contributed by atoms with Crippen molar-refractivity contribution in [3.8, 4) is 11.5 Å². The molecule has 1 atom stereocenters. The molecule has 1 saturated heterocycles. The van der Waals surface area contributed by atoms with E-state index in [1.807, 2.05) is 24.0 Å². The maximum absolute atomic E-state index is 13.0. The molecule has 1 saturated carbocycles. The van der Waals surface area contributed by atoms with Gasteiger partial charge in [0.1, 0.15) is 19.0 Å². The van der Waals surface area contributed by atoms with E-state index in [4.69, 9.17) is 9.47 Å². The number of carbonyl (C=O) groups is 1. The molecule has 3 aliphatic rings. The summed E-state index contributed by atoms with van der Waals surface area (Å²) >= 11 is 1.50. The molecule has 1 aromatic carbocycles. The normalized spacial score (nSPS) is 21.2. The molecule has 3 heterocycles. The molecule has 2 aromatic rings. The molecule has 7 nitrogen and oxygen atoms in total. The Kier molecular flexibility index (Phi) is 4.66. The first-order valence-corrected chi connectivity index (χ1v) is 10.9. The Bertz CT molecular complexity index is 896. The molecule has 148 valence electrons. The van der Waals surface area contributed by atoms with Crippen LogP contribution < -0.4 is 9.47 Å². The number of aryl methyl sites for hydroxylation is 1. The van der Waals surface area contributed by atoms with Crippen molar-refractivity contribution in [2.45, 2.75) is 49.8 Å². The molecular weight excluding hydrogens is 376 g/mol. The first-order valence-electron chi connectivity index (χ1n) is 9.94. The van der Waals surface area contributed by atoms with Crippen molar-refractivity contribution in [2.24, 2.45) is 0 Å². The maximum atomic E-state index is 13.0. The van der Waals surface area contributed by atoms with Gasteiger partial charge in [0.15, 0.2) is 16.7 Å². The van der Waals surface area contributed by atoms with Gasteiger partial charge in [-0.1, -0.05) is 17.8 Å². The summed E-state index contributed by atoms with van der Waals surface area (Å²) < 4.78 is 13.5. The van der Waals surface area contributed by atoms with E-state index in [1.165, 1.54) is 24.6 Å². The molecule has 0 spiro atoms. The summed E-state index contributed by atoms with van der Waals surface area (Å²) in [5.41, 5.74) is 1.12. The topological polar surface area (TPSA) is 69.5 Å². The third-order valence-corrected chi connectivity index (χ3v) is 6.52. The summed E-state index contributed by atoms with van der Waals surface area (Å²) in [5, 5.41) is 9.34. The molecule has 0 N–H and O–H groups in total. The van der Waals surface area contributed by atoms with Crippen molar-refractivity contribution in [3.63, 3.8) is 0 Å². The lowest BCUT2D eigenvalue weighted by Crippen LogP contribution is -2.32. The predicted octanol–water partition coefficient (Wildman–Crippen LogP) is 3.15. The zero-order chi connectivity index (χ0) is 19.1. The van der Waals surface area contributed by atoms with E-state index in [0.717, 1.165) is 47.4 Å². The van der Waals surface area contributed by atoms with E-state index in [2.05, 4.69) is 20.8 Å². The number of likely N-dealkylation sites (tertiary alicyclic amines) is 1. The number of ether oxygens (including phenoxy) is 2. The highest BCUT2D eigenvalue weighted by Crippen LogP contribution is 2.40. The largest absolute Gasteiger partial charge is 0.486 e. The van der Waals surface area contributed by atoms with E-state index in [0.29, 0.717) is 25.0 Å². The van der Waals surface area contributed by atoms with E-state index in [-0.39, 0.29) is 11.9 Å². The summed E-state index contributed by atoms with van der Waals surface area (Å²) in [6.45, 7) is 3.94. The van der Waals surface area contributed by atoms with Crippen LogP contribution in [0, 0.1) is 6.92 Å². The van der Waals surface area contributed by atoms with E-state index in [1.54, 1.807) is 0 Å². The lowest BCUT2D eigenvalue weighted by atomic mass is 10.0. The van der Waals surface area contributed by atoms with Gasteiger partial charge in [0.2, 0.25) is 5.91 Å². The number of benzene rings is 1. The Labute approximate surface area is 168 Å². The zero-order valence-corrected chi connectivity index (χ0v) is 16.8. The predicted molar refractivity (Wildman–Crippen MR) is 105 cm³/mol. The van der Waals surface area contributed by atoms with Crippen LogP contribution in [0.5, 0.6) is 11.5 Å². The Morgan fingerprint density at radius 2 is 2.00 bits per heavy atom. The van der Waals surface area contributed by atoms with Crippen LogP contribution in [0.1, 0.15) is 49.2 Å². The fourth-order valence-electron chi connectivity index (χ4n) is 4.09. The van der Waals surface area contributed by atoms with E-state index >= 15 is 0 Å². The van der Waals surface area contributed by atoms with Gasteiger partial charge in [-0.25, -0.2) is 0 Å². The fraction of sp³-hybridized carbons (Fsp3) is 0.550. The molecule has 1 amide bonds. The second-order valence-corrected chi connectivity index (χ2v) is 8.51. The van der Waals surface area contributed by atoms with Crippen LogP contribution in [-0.2, 0) is 4.79 Å². The Morgan fingerprint density at radius 1 is 1.18 bits per heavy atom. The number of carbonyl (C=O) groups excluding carboxylic acids is 1. The molecule has 0 radical (unpaired) electrons. The van der Waals surface area contributed by atoms with Crippen molar-refractivity contribution in [3.05, 3.63) is 29.6 Å². The van der Waals surface area contributed by atoms with Crippen LogP contribution in [0.3, 0.4) is 0 Å². The SMILES string of the molecule is Cc1nnc(SCC(=O)N2CCC[C@H]2c2ccc3c(c2)OCCO3)n1C1CC1. The third-order valence-electron chi connectivity index (χ3n) is 5.60. The van der Waals surface area contributed by atoms with Crippen molar-refractivity contribution < 1.29 is 14.3 Å². The quantitative estimate of drug-likeness (QED) is 0.718. The van der Waals surface area contributed by atoms with Gasteiger partial charge in [0.05, 0.1) is 11.8 Å². The molecule has 1 aliphatic carbocycles. The molecular formula is C20H24N4O3S. The minimum atomic E-state index is 0.104. The number of hydrogen-bond donors (Lipinski definition) is 0. The van der Waals surface area contributed by atoms with Gasteiger partial charge in [0.25, 0.3) is 0 Å². The van der Waals surface area contributed by atoms with Crippen LogP contribution in [0.4, 0.5) is 0 Å². The van der Waals surface area contributed by atoms with E-state index in [9.17, 15) is 4.79 Å². The standard InChI is InChI=1S/C20H24N4O3S/c1-13-21-22-20(24(13)15-5-6-15)28-12-19(25)23-8-2-3-16(23)14-4-7-17-18(11-14)27-10-9-26-17/h4,7,11,15-16H,2-3,5-6,8-10,12H2,1H3/t16-/m0/s1.